The van der Waals surface area contributed by atoms with Crippen molar-refractivity contribution in [2.75, 3.05) is 18.0 Å². The third-order valence-electron chi connectivity index (χ3n) is 2.36. The van der Waals surface area contributed by atoms with Crippen molar-refractivity contribution in [1.82, 2.24) is 9.97 Å². The molecule has 16 heavy (non-hydrogen) atoms. The zero-order valence-electron chi connectivity index (χ0n) is 9.90. The topological polar surface area (TPSA) is 78.9 Å². The zero-order chi connectivity index (χ0) is 12.0. The molecule has 3 N–H and O–H groups in total. The van der Waals surface area contributed by atoms with Crippen molar-refractivity contribution in [3.05, 3.63) is 18.0 Å². The SMILES string of the molecule is CCCCN(CC)c1nccc(C(=N)N)n1. The summed E-state index contributed by atoms with van der Waals surface area (Å²) in [5, 5.41) is 7.34. The van der Waals surface area contributed by atoms with Gasteiger partial charge in [0.2, 0.25) is 5.95 Å². The molecule has 0 aliphatic rings. The van der Waals surface area contributed by atoms with Crippen molar-refractivity contribution in [3.63, 3.8) is 0 Å². The lowest BCUT2D eigenvalue weighted by Crippen LogP contribution is -2.27. The van der Waals surface area contributed by atoms with Crippen LogP contribution in [0.4, 0.5) is 5.95 Å². The number of anilines is 1. The van der Waals surface area contributed by atoms with Crippen LogP contribution in [0.2, 0.25) is 0 Å². The van der Waals surface area contributed by atoms with Gasteiger partial charge in [-0.2, -0.15) is 0 Å². The average molecular weight is 221 g/mol. The number of unbranched alkanes of at least 4 members (excludes halogenated alkanes) is 1. The molecule has 0 aliphatic carbocycles. The maximum absolute atomic E-state index is 7.34. The Morgan fingerprint density at radius 3 is 2.81 bits per heavy atom. The fourth-order valence-electron chi connectivity index (χ4n) is 1.40. The van der Waals surface area contributed by atoms with Crippen molar-refractivity contribution in [1.29, 1.82) is 5.41 Å². The number of nitrogens with two attached hydrogens (primary N) is 1. The Kier molecular flexibility index (Phi) is 4.69. The van der Waals surface area contributed by atoms with Gasteiger partial charge in [-0.05, 0) is 19.4 Å². The molecule has 5 heteroatoms. The van der Waals surface area contributed by atoms with E-state index in [0.717, 1.165) is 25.9 Å². The van der Waals surface area contributed by atoms with E-state index in [1.807, 2.05) is 0 Å². The molecule has 88 valence electrons. The number of nitrogens with zero attached hydrogens (tertiary/aromatic N) is 3. The van der Waals surface area contributed by atoms with Gasteiger partial charge in [0, 0.05) is 19.3 Å². The van der Waals surface area contributed by atoms with Crippen LogP contribution in [0.5, 0.6) is 0 Å². The molecule has 1 aromatic rings. The van der Waals surface area contributed by atoms with Gasteiger partial charge in [0.15, 0.2) is 0 Å². The molecule has 0 fully saturated rings. The lowest BCUT2D eigenvalue weighted by molar-refractivity contribution is 0.713. The van der Waals surface area contributed by atoms with Gasteiger partial charge in [0.25, 0.3) is 0 Å². The van der Waals surface area contributed by atoms with E-state index in [0.29, 0.717) is 11.6 Å². The average Bonchev–Trinajstić information content (AvgIpc) is 2.30. The van der Waals surface area contributed by atoms with Crippen LogP contribution in [-0.2, 0) is 0 Å². The summed E-state index contributed by atoms with van der Waals surface area (Å²) in [7, 11) is 0. The summed E-state index contributed by atoms with van der Waals surface area (Å²) in [6.07, 6.45) is 3.90. The third kappa shape index (κ3) is 3.18. The van der Waals surface area contributed by atoms with Crippen molar-refractivity contribution in [2.24, 2.45) is 5.73 Å². The summed E-state index contributed by atoms with van der Waals surface area (Å²) < 4.78 is 0. The lowest BCUT2D eigenvalue weighted by atomic mass is 10.3. The summed E-state index contributed by atoms with van der Waals surface area (Å²) in [6.45, 7) is 6.02. The van der Waals surface area contributed by atoms with Gasteiger partial charge in [-0.3, -0.25) is 5.41 Å². The monoisotopic (exact) mass is 221 g/mol. The Balaban J connectivity index is 2.83. The highest BCUT2D eigenvalue weighted by molar-refractivity contribution is 5.93. The maximum Gasteiger partial charge on any atom is 0.225 e. The van der Waals surface area contributed by atoms with Gasteiger partial charge in [-0.15, -0.1) is 0 Å². The number of nitrogens with one attached hydrogen (secondary N) is 1. The highest BCUT2D eigenvalue weighted by atomic mass is 15.2. The quantitative estimate of drug-likeness (QED) is 0.562. The molecule has 0 aromatic carbocycles. The molecule has 0 unspecified atom stereocenters. The fraction of sp³-hybridized carbons (Fsp3) is 0.545. The molecule has 1 rings (SSSR count). The van der Waals surface area contributed by atoms with E-state index in [2.05, 4.69) is 28.7 Å². The van der Waals surface area contributed by atoms with Crippen molar-refractivity contribution in [3.8, 4) is 0 Å². The van der Waals surface area contributed by atoms with Crippen molar-refractivity contribution < 1.29 is 0 Å². The van der Waals surface area contributed by atoms with Crippen LogP contribution < -0.4 is 10.6 Å². The van der Waals surface area contributed by atoms with E-state index >= 15 is 0 Å². The lowest BCUT2D eigenvalue weighted by Gasteiger charge is -2.20. The van der Waals surface area contributed by atoms with Gasteiger partial charge in [-0.1, -0.05) is 13.3 Å². The van der Waals surface area contributed by atoms with Crippen LogP contribution in [0.25, 0.3) is 0 Å². The molecule has 0 atom stereocenters. The predicted molar refractivity (Wildman–Crippen MR) is 65.8 cm³/mol. The van der Waals surface area contributed by atoms with Gasteiger partial charge in [0.1, 0.15) is 11.5 Å². The summed E-state index contributed by atoms with van der Waals surface area (Å²) in [4.78, 5) is 10.6. The summed E-state index contributed by atoms with van der Waals surface area (Å²) in [5.74, 6) is 0.638. The number of aromatic nitrogens is 2. The molecule has 0 spiro atoms. The second-order valence-corrected chi connectivity index (χ2v) is 3.59. The van der Waals surface area contributed by atoms with E-state index in [4.69, 9.17) is 11.1 Å². The zero-order valence-corrected chi connectivity index (χ0v) is 9.90. The molecular formula is C11H19N5. The number of nitrogen functional groups attached to an aromatic ring is 1. The van der Waals surface area contributed by atoms with Crippen LogP contribution in [0, 0.1) is 5.41 Å². The highest BCUT2D eigenvalue weighted by Crippen LogP contribution is 2.08. The predicted octanol–water partition coefficient (Wildman–Crippen LogP) is 1.39. The smallest absolute Gasteiger partial charge is 0.225 e. The molecule has 0 amide bonds. The Hall–Kier alpha value is -1.65. The van der Waals surface area contributed by atoms with Crippen molar-refractivity contribution >= 4 is 11.8 Å². The Morgan fingerprint density at radius 1 is 1.50 bits per heavy atom. The molecule has 1 aromatic heterocycles. The third-order valence-corrected chi connectivity index (χ3v) is 2.36. The number of rotatable bonds is 6. The first-order valence-electron chi connectivity index (χ1n) is 5.61. The normalized spacial score (nSPS) is 10.1. The molecule has 0 saturated carbocycles. The largest absolute Gasteiger partial charge is 0.382 e. The second-order valence-electron chi connectivity index (χ2n) is 3.59. The van der Waals surface area contributed by atoms with Crippen LogP contribution in [0.15, 0.2) is 12.3 Å². The summed E-state index contributed by atoms with van der Waals surface area (Å²) in [5.41, 5.74) is 5.88. The summed E-state index contributed by atoms with van der Waals surface area (Å²) in [6, 6.07) is 1.65. The van der Waals surface area contributed by atoms with Crippen LogP contribution in [0.1, 0.15) is 32.4 Å². The number of hydrogen-bond acceptors (Lipinski definition) is 4. The number of amidine groups is 1. The van der Waals surface area contributed by atoms with Gasteiger partial charge >= 0.3 is 0 Å². The Labute approximate surface area is 96.2 Å². The van der Waals surface area contributed by atoms with E-state index < -0.39 is 0 Å². The molecule has 0 saturated heterocycles. The molecule has 1 heterocycles. The first-order chi connectivity index (χ1) is 7.69. The number of hydrogen-bond donors (Lipinski definition) is 2. The van der Waals surface area contributed by atoms with Gasteiger partial charge in [-0.25, -0.2) is 9.97 Å². The van der Waals surface area contributed by atoms with Crippen LogP contribution in [0.3, 0.4) is 0 Å². The second kappa shape index (κ2) is 6.05. The Morgan fingerprint density at radius 2 is 2.25 bits per heavy atom. The van der Waals surface area contributed by atoms with Crippen molar-refractivity contribution in [2.45, 2.75) is 26.7 Å². The van der Waals surface area contributed by atoms with E-state index in [1.165, 1.54) is 0 Å². The minimum Gasteiger partial charge on any atom is -0.382 e. The molecule has 0 aliphatic heterocycles. The molecule has 0 radical (unpaired) electrons. The van der Waals surface area contributed by atoms with Gasteiger partial charge in [0.05, 0.1) is 0 Å². The van der Waals surface area contributed by atoms with E-state index in [-0.39, 0.29) is 5.84 Å². The molecule has 5 nitrogen and oxygen atoms in total. The first kappa shape index (κ1) is 12.4. The molecule has 0 bridgehead atoms. The standard InChI is InChI=1S/C11H19N5/c1-3-5-8-16(4-2)11-14-7-6-9(15-11)10(12)13/h6-7H,3-5,8H2,1-2H3,(H3,12,13). The Bertz CT molecular complexity index is 350. The summed E-state index contributed by atoms with van der Waals surface area (Å²) >= 11 is 0. The maximum atomic E-state index is 7.34. The van der Waals surface area contributed by atoms with E-state index in [9.17, 15) is 0 Å². The van der Waals surface area contributed by atoms with Crippen LogP contribution in [-0.4, -0.2) is 28.9 Å². The fourth-order valence-corrected chi connectivity index (χ4v) is 1.40. The molecular weight excluding hydrogens is 202 g/mol. The minimum atomic E-state index is -0.0183. The first-order valence-corrected chi connectivity index (χ1v) is 5.61. The van der Waals surface area contributed by atoms with Gasteiger partial charge < -0.3 is 10.6 Å². The highest BCUT2D eigenvalue weighted by Gasteiger charge is 2.08. The minimum absolute atomic E-state index is 0.0183. The van der Waals surface area contributed by atoms with Crippen LogP contribution >= 0.6 is 0 Å². The van der Waals surface area contributed by atoms with E-state index in [1.54, 1.807) is 12.3 Å².